The number of fused-ring (bicyclic) bond motifs is 1. The number of nitrogens with zero attached hydrogens (tertiary/aromatic N) is 3. The summed E-state index contributed by atoms with van der Waals surface area (Å²) in [6, 6.07) is 14.0. The molecule has 2 saturated heterocycles. The number of hydrogen-bond acceptors (Lipinski definition) is 6. The van der Waals surface area contributed by atoms with E-state index >= 15 is 0 Å². The van der Waals surface area contributed by atoms with Crippen LogP contribution in [0.3, 0.4) is 0 Å². The normalized spacial score (nSPS) is 24.4. The van der Waals surface area contributed by atoms with Gasteiger partial charge in [0.2, 0.25) is 0 Å². The van der Waals surface area contributed by atoms with Gasteiger partial charge in [-0.05, 0) is 89.0 Å². The molecule has 0 bridgehead atoms. The molecule has 3 fully saturated rings. The number of carbonyl (C=O) groups excluding carboxylic acids is 1. The average molecular weight is 560 g/mol. The van der Waals surface area contributed by atoms with Crippen molar-refractivity contribution >= 4 is 16.8 Å². The summed E-state index contributed by atoms with van der Waals surface area (Å²) in [7, 11) is 2.16. The summed E-state index contributed by atoms with van der Waals surface area (Å²) in [5, 5.41) is 12.0. The van der Waals surface area contributed by atoms with Gasteiger partial charge in [0.1, 0.15) is 11.9 Å². The van der Waals surface area contributed by atoms with Crippen molar-refractivity contribution in [3.8, 4) is 17.0 Å². The number of piperidine rings is 1. The quantitative estimate of drug-likeness (QED) is 0.412. The Kier molecular flexibility index (Phi) is 8.33. The Morgan fingerprint density at radius 2 is 1.76 bits per heavy atom. The average Bonchev–Trinajstić information content (AvgIpc) is 3.41. The van der Waals surface area contributed by atoms with Gasteiger partial charge in [0.25, 0.3) is 5.91 Å². The number of ether oxygens (including phenoxy) is 2. The van der Waals surface area contributed by atoms with Crippen LogP contribution in [0.5, 0.6) is 5.75 Å². The Morgan fingerprint density at radius 1 is 1.05 bits per heavy atom. The minimum Gasteiger partial charge on any atom is -0.490 e. The Morgan fingerprint density at radius 3 is 2.46 bits per heavy atom. The Balaban J connectivity index is 1.15. The number of amides is 1. The summed E-state index contributed by atoms with van der Waals surface area (Å²) in [6.45, 7) is 8.98. The lowest BCUT2D eigenvalue weighted by molar-refractivity contribution is -0.109. The van der Waals surface area contributed by atoms with E-state index in [9.17, 15) is 4.79 Å². The van der Waals surface area contributed by atoms with Gasteiger partial charge in [-0.15, -0.1) is 0 Å². The van der Waals surface area contributed by atoms with E-state index in [0.29, 0.717) is 12.1 Å². The van der Waals surface area contributed by atoms with E-state index in [1.54, 1.807) is 0 Å². The zero-order valence-corrected chi connectivity index (χ0v) is 24.8. The van der Waals surface area contributed by atoms with Crippen molar-refractivity contribution in [2.75, 3.05) is 39.8 Å². The van der Waals surface area contributed by atoms with Gasteiger partial charge in [-0.3, -0.25) is 14.8 Å². The third-order valence-electron chi connectivity index (χ3n) is 9.37. The minimum atomic E-state index is -0.0276. The fourth-order valence-corrected chi connectivity index (χ4v) is 7.09. The van der Waals surface area contributed by atoms with Crippen molar-refractivity contribution in [1.82, 2.24) is 25.3 Å². The molecule has 2 atom stereocenters. The summed E-state index contributed by atoms with van der Waals surface area (Å²) < 4.78 is 12.3. The van der Waals surface area contributed by atoms with E-state index in [4.69, 9.17) is 9.47 Å². The molecule has 0 unspecified atom stereocenters. The second kappa shape index (κ2) is 12.1. The lowest BCUT2D eigenvalue weighted by Crippen LogP contribution is -2.62. The summed E-state index contributed by atoms with van der Waals surface area (Å²) in [6.07, 6.45) is 8.74. The molecule has 3 heterocycles. The van der Waals surface area contributed by atoms with Gasteiger partial charge in [-0.1, -0.05) is 19.3 Å². The summed E-state index contributed by atoms with van der Waals surface area (Å²) in [5.74, 6) is 0.865. The number of benzene rings is 2. The van der Waals surface area contributed by atoms with Crippen LogP contribution in [0.1, 0.15) is 69.2 Å². The second-order valence-electron chi connectivity index (χ2n) is 12.6. The number of hydrogen-bond donors (Lipinski definition) is 2. The molecule has 1 saturated carbocycles. The van der Waals surface area contributed by atoms with E-state index in [-0.39, 0.29) is 29.8 Å². The fourth-order valence-electron chi connectivity index (χ4n) is 7.09. The number of rotatable bonds is 7. The van der Waals surface area contributed by atoms with Crippen LogP contribution in [0.2, 0.25) is 0 Å². The lowest BCUT2D eigenvalue weighted by atomic mass is 9.79. The van der Waals surface area contributed by atoms with E-state index in [1.807, 2.05) is 30.3 Å². The maximum absolute atomic E-state index is 13.5. The maximum Gasteiger partial charge on any atom is 0.251 e. The van der Waals surface area contributed by atoms with Crippen LogP contribution in [0.25, 0.3) is 22.2 Å². The number of H-pyrrole nitrogens is 1. The summed E-state index contributed by atoms with van der Waals surface area (Å²) >= 11 is 0. The van der Waals surface area contributed by atoms with Crippen molar-refractivity contribution in [2.45, 2.75) is 82.6 Å². The molecule has 8 heteroatoms. The van der Waals surface area contributed by atoms with Crippen LogP contribution in [0.15, 0.2) is 42.5 Å². The molecule has 41 heavy (non-hydrogen) atoms. The molecular formula is C33H45N5O3. The molecule has 0 spiro atoms. The highest BCUT2D eigenvalue weighted by Crippen LogP contribution is 2.36. The van der Waals surface area contributed by atoms with Gasteiger partial charge in [-0.25, -0.2) is 0 Å². The van der Waals surface area contributed by atoms with Crippen LogP contribution in [0, 0.1) is 0 Å². The molecule has 8 nitrogen and oxygen atoms in total. The zero-order chi connectivity index (χ0) is 28.4. The topological polar surface area (TPSA) is 82.7 Å². The molecular weight excluding hydrogens is 514 g/mol. The zero-order valence-electron chi connectivity index (χ0n) is 24.8. The molecule has 1 aromatic heterocycles. The molecule has 1 amide bonds. The molecule has 1 aliphatic carbocycles. The Labute approximate surface area is 243 Å². The minimum absolute atomic E-state index is 0.00246. The molecule has 0 radical (unpaired) electrons. The third kappa shape index (κ3) is 6.30. The SMILES string of the molecule is C[C@@H]1CN(C2(CNC(=O)c3ccc4[nH]nc(-c5ccc(OC6CCN(C)CC6)cc5)c4c3)CCCCC2)C[C@H](C)O1. The van der Waals surface area contributed by atoms with Crippen LogP contribution in [-0.4, -0.2) is 89.5 Å². The van der Waals surface area contributed by atoms with Gasteiger partial charge in [0.15, 0.2) is 0 Å². The van der Waals surface area contributed by atoms with Gasteiger partial charge in [-0.2, -0.15) is 5.10 Å². The standard InChI is InChI=1S/C33H45N5O3/c1-23-20-38(21-24(2)40-23)33(15-5-4-6-16-33)22-34-32(39)26-9-12-30-29(19-26)31(36-35-30)25-7-10-27(11-8-25)41-28-13-17-37(3)18-14-28/h7-12,19,23-24,28H,4-6,13-18,20-22H2,1-3H3,(H,34,39)(H,35,36)/t23-,24+. The Bertz CT molecular complexity index is 1310. The smallest absolute Gasteiger partial charge is 0.251 e. The van der Waals surface area contributed by atoms with Crippen molar-refractivity contribution in [1.29, 1.82) is 0 Å². The van der Waals surface area contributed by atoms with E-state index in [2.05, 4.69) is 58.3 Å². The number of nitrogens with one attached hydrogen (secondary N) is 2. The number of likely N-dealkylation sites (tertiary alicyclic amines) is 1. The number of carbonyl (C=O) groups is 1. The second-order valence-corrected chi connectivity index (χ2v) is 12.6. The molecule has 3 aliphatic rings. The van der Waals surface area contributed by atoms with Gasteiger partial charge in [0.05, 0.1) is 23.4 Å². The van der Waals surface area contributed by atoms with Gasteiger partial charge < -0.3 is 19.7 Å². The maximum atomic E-state index is 13.5. The first kappa shape index (κ1) is 28.2. The molecule has 2 aliphatic heterocycles. The van der Waals surface area contributed by atoms with Crippen molar-refractivity contribution in [3.63, 3.8) is 0 Å². The van der Waals surface area contributed by atoms with Crippen LogP contribution in [-0.2, 0) is 4.74 Å². The van der Waals surface area contributed by atoms with E-state index < -0.39 is 0 Å². The third-order valence-corrected chi connectivity index (χ3v) is 9.37. The molecule has 2 aromatic carbocycles. The highest BCUT2D eigenvalue weighted by Gasteiger charge is 2.41. The first-order valence-electron chi connectivity index (χ1n) is 15.5. The highest BCUT2D eigenvalue weighted by atomic mass is 16.5. The van der Waals surface area contributed by atoms with Crippen molar-refractivity contribution in [2.24, 2.45) is 0 Å². The van der Waals surface area contributed by atoms with Crippen LogP contribution in [0.4, 0.5) is 0 Å². The molecule has 6 rings (SSSR count). The van der Waals surface area contributed by atoms with E-state index in [0.717, 1.165) is 79.8 Å². The van der Waals surface area contributed by atoms with Gasteiger partial charge in [0, 0.05) is 54.8 Å². The van der Waals surface area contributed by atoms with Gasteiger partial charge >= 0.3 is 0 Å². The molecule has 2 N–H and O–H groups in total. The van der Waals surface area contributed by atoms with Crippen molar-refractivity contribution in [3.05, 3.63) is 48.0 Å². The first-order valence-corrected chi connectivity index (χ1v) is 15.5. The Hall–Kier alpha value is -2.94. The first-order chi connectivity index (χ1) is 19.9. The lowest BCUT2D eigenvalue weighted by Gasteiger charge is -2.50. The van der Waals surface area contributed by atoms with Crippen LogP contribution >= 0.6 is 0 Å². The number of morpholine rings is 1. The predicted octanol–water partition coefficient (Wildman–Crippen LogP) is 5.24. The largest absolute Gasteiger partial charge is 0.490 e. The highest BCUT2D eigenvalue weighted by molar-refractivity contribution is 6.01. The molecule has 220 valence electrons. The van der Waals surface area contributed by atoms with E-state index in [1.165, 1.54) is 19.3 Å². The number of aromatic nitrogens is 2. The summed E-state index contributed by atoms with van der Waals surface area (Å²) in [5.41, 5.74) is 3.43. The van der Waals surface area contributed by atoms with Crippen molar-refractivity contribution < 1.29 is 14.3 Å². The summed E-state index contributed by atoms with van der Waals surface area (Å²) in [4.78, 5) is 18.5. The van der Waals surface area contributed by atoms with Crippen LogP contribution < -0.4 is 10.1 Å². The molecule has 3 aromatic rings. The monoisotopic (exact) mass is 559 g/mol. The predicted molar refractivity (Wildman–Crippen MR) is 162 cm³/mol. The fraction of sp³-hybridized carbons (Fsp3) is 0.576. The number of aromatic amines is 1.